The Bertz CT molecular complexity index is 508. The molecular weight excluding hydrogens is 388 g/mol. The second-order valence-electron chi connectivity index (χ2n) is 3.85. The fourth-order valence-electron chi connectivity index (χ4n) is 1.74. The predicted octanol–water partition coefficient (Wildman–Crippen LogP) is 1.43. The number of benzene rings is 1. The summed E-state index contributed by atoms with van der Waals surface area (Å²) in [5.41, 5.74) is 6.76. The van der Waals surface area contributed by atoms with E-state index in [0.29, 0.717) is 5.75 Å². The molecule has 0 bridgehead atoms. The second-order valence-corrected chi connectivity index (χ2v) is 3.85. The SMILES string of the molecule is CC(N)Cn1ccc2ccc(O[C-]=O)cc21.[W+2]. The first-order valence-electron chi connectivity index (χ1n) is 5.09. The molecule has 1 aromatic carbocycles. The normalized spacial score (nSPS) is 11.9. The molecule has 0 fully saturated rings. The van der Waals surface area contributed by atoms with Gasteiger partial charge in [0, 0.05) is 24.3 Å². The summed E-state index contributed by atoms with van der Waals surface area (Å²) in [4.78, 5) is 10.1. The van der Waals surface area contributed by atoms with E-state index in [9.17, 15) is 4.79 Å². The minimum atomic E-state index is 0. The summed E-state index contributed by atoms with van der Waals surface area (Å²) in [5.74, 6) is 0.493. The first-order chi connectivity index (χ1) is 7.70. The van der Waals surface area contributed by atoms with E-state index in [-0.39, 0.29) is 27.1 Å². The largest absolute Gasteiger partial charge is 2.00 e. The Balaban J connectivity index is 0.00000144. The monoisotopic (exact) mass is 401 g/mol. The Morgan fingerprint density at radius 3 is 2.88 bits per heavy atom. The average molecular weight is 401 g/mol. The summed E-state index contributed by atoms with van der Waals surface area (Å²) >= 11 is 0. The van der Waals surface area contributed by atoms with Crippen LogP contribution in [0, 0.1) is 0 Å². The van der Waals surface area contributed by atoms with Crippen LogP contribution in [-0.4, -0.2) is 17.1 Å². The summed E-state index contributed by atoms with van der Waals surface area (Å²) in [6.07, 6.45) is 1.97. The number of nitrogens with two attached hydrogens (primary N) is 1. The molecule has 1 unspecified atom stereocenters. The third kappa shape index (κ3) is 3.17. The topological polar surface area (TPSA) is 57.2 Å². The van der Waals surface area contributed by atoms with Crippen molar-refractivity contribution in [3.63, 3.8) is 0 Å². The Morgan fingerprint density at radius 2 is 2.24 bits per heavy atom. The van der Waals surface area contributed by atoms with Gasteiger partial charge in [-0.3, -0.25) is 0 Å². The zero-order valence-corrected chi connectivity index (χ0v) is 12.4. The van der Waals surface area contributed by atoms with E-state index in [1.54, 1.807) is 6.07 Å². The number of hydrogen-bond acceptors (Lipinski definition) is 3. The van der Waals surface area contributed by atoms with Crippen molar-refractivity contribution in [2.24, 2.45) is 5.73 Å². The van der Waals surface area contributed by atoms with Crippen LogP contribution in [0.25, 0.3) is 10.9 Å². The summed E-state index contributed by atoms with van der Waals surface area (Å²) in [5, 5.41) is 1.10. The zero-order chi connectivity index (χ0) is 11.5. The van der Waals surface area contributed by atoms with Crippen molar-refractivity contribution in [3.05, 3.63) is 30.5 Å². The first kappa shape index (κ1) is 13.9. The maximum absolute atomic E-state index is 10.1. The smallest absolute Gasteiger partial charge is 0.610 e. The number of carbonyl (C=O) groups excluding carboxylic acids is 1. The summed E-state index contributed by atoms with van der Waals surface area (Å²) in [6.45, 7) is 4.10. The summed E-state index contributed by atoms with van der Waals surface area (Å²) < 4.78 is 6.73. The number of nitrogens with zero attached hydrogens (tertiary/aromatic N) is 1. The molecule has 88 valence electrons. The minimum absolute atomic E-state index is 0. The molecule has 0 saturated carbocycles. The molecule has 0 amide bonds. The number of aromatic nitrogens is 1. The Labute approximate surface area is 114 Å². The molecule has 0 aliphatic carbocycles. The molecule has 1 aromatic heterocycles. The fourth-order valence-corrected chi connectivity index (χ4v) is 1.74. The van der Waals surface area contributed by atoms with Crippen LogP contribution in [0.4, 0.5) is 0 Å². The zero-order valence-electron chi connectivity index (χ0n) is 9.42. The van der Waals surface area contributed by atoms with Gasteiger partial charge < -0.3 is 19.8 Å². The maximum atomic E-state index is 10.1. The van der Waals surface area contributed by atoms with E-state index in [1.165, 1.54) is 6.47 Å². The summed E-state index contributed by atoms with van der Waals surface area (Å²) in [7, 11) is 0. The molecule has 1 heterocycles. The van der Waals surface area contributed by atoms with Crippen molar-refractivity contribution in [1.29, 1.82) is 0 Å². The fraction of sp³-hybridized carbons (Fsp3) is 0.250. The van der Waals surface area contributed by atoms with Crippen LogP contribution in [0.1, 0.15) is 6.92 Å². The van der Waals surface area contributed by atoms with Crippen molar-refractivity contribution in [2.75, 3.05) is 0 Å². The van der Waals surface area contributed by atoms with E-state index in [1.807, 2.05) is 35.9 Å². The number of rotatable bonds is 4. The van der Waals surface area contributed by atoms with Crippen molar-refractivity contribution < 1.29 is 30.6 Å². The second kappa shape index (κ2) is 5.99. The van der Waals surface area contributed by atoms with Gasteiger partial charge in [0.2, 0.25) is 0 Å². The molecular formula is C12H13N2O2W+. The third-order valence-electron chi connectivity index (χ3n) is 2.39. The van der Waals surface area contributed by atoms with Gasteiger partial charge in [0.25, 0.3) is 0 Å². The van der Waals surface area contributed by atoms with Crippen LogP contribution in [0.3, 0.4) is 0 Å². The standard InChI is InChI=1S/C12H13N2O2.W/c1-9(13)7-14-5-4-10-2-3-11(16-8-15)6-12(10)14;/h2-6,9H,7,13H2,1H3;/q-1;+2. The molecule has 4 nitrogen and oxygen atoms in total. The van der Waals surface area contributed by atoms with Gasteiger partial charge in [0.1, 0.15) is 0 Å². The quantitative estimate of drug-likeness (QED) is 0.790. The van der Waals surface area contributed by atoms with Gasteiger partial charge in [-0.15, -0.1) is 6.07 Å². The molecule has 0 aliphatic heterocycles. The van der Waals surface area contributed by atoms with Crippen LogP contribution in [0.5, 0.6) is 5.75 Å². The van der Waals surface area contributed by atoms with Gasteiger partial charge in [0.15, 0.2) is 6.47 Å². The van der Waals surface area contributed by atoms with Crippen LogP contribution < -0.4 is 10.5 Å². The van der Waals surface area contributed by atoms with Crippen molar-refractivity contribution in [2.45, 2.75) is 19.5 Å². The Kier molecular flexibility index (Phi) is 4.91. The maximum Gasteiger partial charge on any atom is 2.00 e. The van der Waals surface area contributed by atoms with Gasteiger partial charge in [-0.2, -0.15) is 0 Å². The van der Waals surface area contributed by atoms with E-state index >= 15 is 0 Å². The van der Waals surface area contributed by atoms with Crippen LogP contribution in [-0.2, 0) is 32.4 Å². The van der Waals surface area contributed by atoms with Gasteiger partial charge in [-0.05, 0) is 24.1 Å². The van der Waals surface area contributed by atoms with Gasteiger partial charge in [0.05, 0.1) is 0 Å². The average Bonchev–Trinajstić information content (AvgIpc) is 2.61. The molecule has 2 aromatic rings. The van der Waals surface area contributed by atoms with E-state index in [0.717, 1.165) is 17.4 Å². The van der Waals surface area contributed by atoms with Gasteiger partial charge >= 0.3 is 21.1 Å². The molecule has 0 saturated heterocycles. The van der Waals surface area contributed by atoms with Crippen LogP contribution in [0.2, 0.25) is 0 Å². The van der Waals surface area contributed by atoms with Crippen molar-refractivity contribution in [3.8, 4) is 5.75 Å². The Hall–Kier alpha value is -1.12. The van der Waals surface area contributed by atoms with Crippen molar-refractivity contribution >= 4 is 17.4 Å². The van der Waals surface area contributed by atoms with E-state index in [4.69, 9.17) is 10.5 Å². The molecule has 1 atom stereocenters. The van der Waals surface area contributed by atoms with E-state index < -0.39 is 0 Å². The molecule has 5 heteroatoms. The number of ether oxygens (including phenoxy) is 1. The first-order valence-corrected chi connectivity index (χ1v) is 5.09. The minimum Gasteiger partial charge on any atom is -0.610 e. The molecule has 2 N–H and O–H groups in total. The Morgan fingerprint density at radius 1 is 1.47 bits per heavy atom. The van der Waals surface area contributed by atoms with Crippen molar-refractivity contribution in [1.82, 2.24) is 4.57 Å². The molecule has 2 rings (SSSR count). The molecule has 0 spiro atoms. The molecule has 0 radical (unpaired) electrons. The molecule has 0 aliphatic rings. The summed E-state index contributed by atoms with van der Waals surface area (Å²) in [6, 6.07) is 7.54. The van der Waals surface area contributed by atoms with Gasteiger partial charge in [-0.1, -0.05) is 12.1 Å². The van der Waals surface area contributed by atoms with Gasteiger partial charge in [-0.25, -0.2) is 0 Å². The van der Waals surface area contributed by atoms with Crippen LogP contribution >= 0.6 is 0 Å². The number of hydrogen-bond donors (Lipinski definition) is 1. The number of fused-ring (bicyclic) bond motifs is 1. The van der Waals surface area contributed by atoms with Crippen LogP contribution in [0.15, 0.2) is 30.5 Å². The third-order valence-corrected chi connectivity index (χ3v) is 2.39. The predicted molar refractivity (Wildman–Crippen MR) is 61.9 cm³/mol. The van der Waals surface area contributed by atoms with E-state index in [2.05, 4.69) is 0 Å². The molecule has 17 heavy (non-hydrogen) atoms.